The van der Waals surface area contributed by atoms with Crippen LogP contribution in [0.4, 0.5) is 17.1 Å². The molecule has 2 spiro atoms. The molecule has 0 bridgehead atoms. The minimum atomic E-state index is -0.587. The molecule has 1 aliphatic heterocycles. The van der Waals surface area contributed by atoms with E-state index in [1.54, 1.807) is 0 Å². The normalized spacial score (nSPS) is 16.6. The standard InChI is InChI=1S/C71H46N2/c1-69(2)56-25-9-3-18-46(56)51-37-34-43(40-63(51)69)72(44-35-38-52-49-21-6-12-28-59(49)70(64(52)41-44)57-26-10-4-19-47(57)48-20-5-11-27-58(48)70)45-36-39-53-50-22-7-13-29-60(50)71(65(53)42-45)61-30-14-16-33-67(61)73-66-32-15-8-23-54(66)55-24-17-31-62(71)68(55)73/h3-42H,1-2H3. The van der Waals surface area contributed by atoms with Crippen LogP contribution in [0.3, 0.4) is 0 Å². The van der Waals surface area contributed by atoms with Gasteiger partial charge < -0.3 is 9.47 Å². The molecule has 0 amide bonds. The van der Waals surface area contributed by atoms with Gasteiger partial charge in [0.1, 0.15) is 0 Å². The second-order valence-corrected chi connectivity index (χ2v) is 21.4. The van der Waals surface area contributed by atoms with E-state index in [0.29, 0.717) is 0 Å². The number of nitrogens with zero attached hydrogens (tertiary/aromatic N) is 2. The second-order valence-electron chi connectivity index (χ2n) is 21.4. The molecule has 0 saturated carbocycles. The molecule has 12 aromatic rings. The number of rotatable bonds is 3. The lowest BCUT2D eigenvalue weighted by Crippen LogP contribution is -2.33. The van der Waals surface area contributed by atoms with Gasteiger partial charge in [0, 0.05) is 33.2 Å². The molecule has 73 heavy (non-hydrogen) atoms. The summed E-state index contributed by atoms with van der Waals surface area (Å²) in [7, 11) is 0. The first-order chi connectivity index (χ1) is 36.0. The van der Waals surface area contributed by atoms with Gasteiger partial charge in [-0.25, -0.2) is 0 Å². The Morgan fingerprint density at radius 3 is 1.21 bits per heavy atom. The van der Waals surface area contributed by atoms with Gasteiger partial charge in [0.15, 0.2) is 0 Å². The average Bonchev–Trinajstić information content (AvgIpc) is 4.20. The first-order valence-electron chi connectivity index (χ1n) is 25.8. The van der Waals surface area contributed by atoms with Gasteiger partial charge in [-0.05, 0) is 149 Å². The predicted molar refractivity (Wildman–Crippen MR) is 300 cm³/mol. The van der Waals surface area contributed by atoms with E-state index in [2.05, 4.69) is 266 Å². The highest BCUT2D eigenvalue weighted by molar-refractivity contribution is 6.13. The minimum absolute atomic E-state index is 0.179. The monoisotopic (exact) mass is 926 g/mol. The van der Waals surface area contributed by atoms with E-state index in [0.717, 1.165) is 17.1 Å². The van der Waals surface area contributed by atoms with Crippen molar-refractivity contribution in [2.45, 2.75) is 30.1 Å². The highest BCUT2D eigenvalue weighted by Crippen LogP contribution is 2.65. The van der Waals surface area contributed by atoms with Crippen molar-refractivity contribution in [3.63, 3.8) is 0 Å². The Kier molecular flexibility index (Phi) is 7.45. The zero-order chi connectivity index (χ0) is 48.0. The van der Waals surface area contributed by atoms with Crippen molar-refractivity contribution in [3.8, 4) is 50.2 Å². The molecule has 0 N–H and O–H groups in total. The summed E-state index contributed by atoms with van der Waals surface area (Å²) in [5, 5.41) is 2.57. The highest BCUT2D eigenvalue weighted by atomic mass is 15.1. The molecule has 2 heterocycles. The van der Waals surface area contributed by atoms with Gasteiger partial charge in [0.2, 0.25) is 0 Å². The summed E-state index contributed by atoms with van der Waals surface area (Å²) in [5.74, 6) is 0. The van der Waals surface area contributed by atoms with Crippen LogP contribution in [0, 0.1) is 0 Å². The fourth-order valence-corrected chi connectivity index (χ4v) is 15.2. The maximum Gasteiger partial charge on any atom is 0.0755 e. The lowest BCUT2D eigenvalue weighted by molar-refractivity contribution is 0.660. The van der Waals surface area contributed by atoms with E-state index < -0.39 is 10.8 Å². The van der Waals surface area contributed by atoms with Crippen LogP contribution >= 0.6 is 0 Å². The van der Waals surface area contributed by atoms with Gasteiger partial charge in [-0.15, -0.1) is 0 Å². The molecular weight excluding hydrogens is 881 g/mol. The van der Waals surface area contributed by atoms with Crippen molar-refractivity contribution in [2.75, 3.05) is 4.90 Å². The van der Waals surface area contributed by atoms with Gasteiger partial charge >= 0.3 is 0 Å². The van der Waals surface area contributed by atoms with Crippen LogP contribution in [0.15, 0.2) is 243 Å². The summed E-state index contributed by atoms with van der Waals surface area (Å²) in [5.41, 5.74) is 29.8. The van der Waals surface area contributed by atoms with Crippen LogP contribution in [-0.4, -0.2) is 4.57 Å². The fourth-order valence-electron chi connectivity index (χ4n) is 15.2. The quantitative estimate of drug-likeness (QED) is 0.171. The zero-order valence-corrected chi connectivity index (χ0v) is 40.5. The van der Waals surface area contributed by atoms with Gasteiger partial charge in [-0.1, -0.05) is 208 Å². The Morgan fingerprint density at radius 1 is 0.288 bits per heavy atom. The van der Waals surface area contributed by atoms with Crippen LogP contribution < -0.4 is 4.90 Å². The molecule has 1 atom stereocenters. The van der Waals surface area contributed by atoms with Gasteiger partial charge in [-0.2, -0.15) is 0 Å². The van der Waals surface area contributed by atoms with Crippen molar-refractivity contribution in [1.29, 1.82) is 0 Å². The van der Waals surface area contributed by atoms with E-state index >= 15 is 0 Å². The summed E-state index contributed by atoms with van der Waals surface area (Å²) in [4.78, 5) is 2.58. The summed E-state index contributed by atoms with van der Waals surface area (Å²) >= 11 is 0. The van der Waals surface area contributed by atoms with E-state index in [-0.39, 0.29) is 5.41 Å². The maximum atomic E-state index is 2.58. The molecule has 0 fully saturated rings. The van der Waals surface area contributed by atoms with Crippen molar-refractivity contribution < 1.29 is 0 Å². The van der Waals surface area contributed by atoms with Crippen LogP contribution in [0.25, 0.3) is 72.0 Å². The molecular formula is C71H46N2. The maximum absolute atomic E-state index is 2.58. The van der Waals surface area contributed by atoms with E-state index in [9.17, 15) is 0 Å². The van der Waals surface area contributed by atoms with Crippen LogP contribution in [0.1, 0.15) is 69.5 Å². The molecule has 1 unspecified atom stereocenters. The van der Waals surface area contributed by atoms with Gasteiger partial charge in [0.25, 0.3) is 0 Å². The lowest BCUT2D eigenvalue weighted by Gasteiger charge is -2.40. The van der Waals surface area contributed by atoms with Crippen molar-refractivity contribution >= 4 is 38.9 Å². The molecule has 11 aromatic carbocycles. The van der Waals surface area contributed by atoms with E-state index in [1.807, 2.05) is 0 Å². The number of aromatic nitrogens is 1. The van der Waals surface area contributed by atoms with E-state index in [1.165, 1.54) is 128 Å². The number of benzene rings is 11. The van der Waals surface area contributed by atoms with Crippen molar-refractivity contribution in [1.82, 2.24) is 4.57 Å². The number of para-hydroxylation sites is 3. The Labute approximate surface area is 424 Å². The van der Waals surface area contributed by atoms with Crippen LogP contribution in [0.5, 0.6) is 0 Å². The SMILES string of the molecule is CC1(C)c2ccccc2-c2ccc(N(c3ccc4c(c3)C3(c5ccccc5-c5ccccc53)c3ccccc3-4)c3ccc4c(c3)C3(c5ccccc5-4)c4ccccc4-n4c5ccccc5c5cccc3c54)cc21. The number of hydrogen-bond acceptors (Lipinski definition) is 1. The fraction of sp³-hybridized carbons (Fsp3) is 0.0704. The molecule has 1 aromatic heterocycles. The van der Waals surface area contributed by atoms with Crippen LogP contribution in [0.2, 0.25) is 0 Å². The Hall–Kier alpha value is -8.98. The van der Waals surface area contributed by atoms with Crippen molar-refractivity contribution in [3.05, 3.63) is 298 Å². The highest BCUT2D eigenvalue weighted by Gasteiger charge is 2.53. The second kappa shape index (κ2) is 13.7. The molecule has 0 radical (unpaired) electrons. The van der Waals surface area contributed by atoms with Crippen molar-refractivity contribution in [2.24, 2.45) is 0 Å². The lowest BCUT2D eigenvalue weighted by atomic mass is 9.65. The van der Waals surface area contributed by atoms with E-state index in [4.69, 9.17) is 0 Å². The topological polar surface area (TPSA) is 8.17 Å². The molecule has 17 rings (SSSR count). The van der Waals surface area contributed by atoms with Crippen LogP contribution in [-0.2, 0) is 16.2 Å². The Balaban J connectivity index is 0.962. The molecule has 340 valence electrons. The third kappa shape index (κ3) is 4.63. The smallest absolute Gasteiger partial charge is 0.0755 e. The summed E-state index contributed by atoms with van der Waals surface area (Å²) in [6.45, 7) is 4.79. The van der Waals surface area contributed by atoms with Gasteiger partial charge in [0.05, 0.1) is 27.6 Å². The molecule has 5 aliphatic rings. The number of fused-ring (bicyclic) bond motifs is 25. The third-order valence-corrected chi connectivity index (χ3v) is 18.0. The third-order valence-electron chi connectivity index (χ3n) is 18.0. The largest absolute Gasteiger partial charge is 0.310 e. The summed E-state index contributed by atoms with van der Waals surface area (Å²) < 4.78 is 2.54. The summed E-state index contributed by atoms with van der Waals surface area (Å²) in [6.07, 6.45) is 0. The molecule has 2 nitrogen and oxygen atoms in total. The number of anilines is 3. The minimum Gasteiger partial charge on any atom is -0.310 e. The molecule has 2 heteroatoms. The number of hydrogen-bond donors (Lipinski definition) is 0. The Morgan fingerprint density at radius 2 is 0.658 bits per heavy atom. The van der Waals surface area contributed by atoms with Gasteiger partial charge in [-0.3, -0.25) is 0 Å². The average molecular weight is 927 g/mol. The summed E-state index contributed by atoms with van der Waals surface area (Å²) in [6, 6.07) is 92.9. The molecule has 0 saturated heterocycles. The Bertz CT molecular complexity index is 4380. The molecule has 4 aliphatic carbocycles. The zero-order valence-electron chi connectivity index (χ0n) is 40.5. The first-order valence-corrected chi connectivity index (χ1v) is 25.8. The first kappa shape index (κ1) is 39.7. The predicted octanol–water partition coefficient (Wildman–Crippen LogP) is 17.6.